The molecule has 0 aliphatic carbocycles. The lowest BCUT2D eigenvalue weighted by molar-refractivity contribution is -0.124. The number of halogens is 1. The van der Waals surface area contributed by atoms with Gasteiger partial charge in [0.05, 0.1) is 5.69 Å². The summed E-state index contributed by atoms with van der Waals surface area (Å²) in [7, 11) is 0. The van der Waals surface area contributed by atoms with Gasteiger partial charge in [0.15, 0.2) is 6.10 Å². The number of aromatic nitrogens is 4. The number of aliphatic hydroxyl groups excluding tert-OH is 1. The zero-order valence-electron chi connectivity index (χ0n) is 19.7. The van der Waals surface area contributed by atoms with E-state index in [-0.39, 0.29) is 28.7 Å². The topological polar surface area (TPSA) is 118 Å². The van der Waals surface area contributed by atoms with Crippen LogP contribution in [0.4, 0.5) is 16.0 Å². The summed E-state index contributed by atoms with van der Waals surface area (Å²) in [4.78, 5) is 25.4. The predicted octanol–water partition coefficient (Wildman–Crippen LogP) is 3.11. The van der Waals surface area contributed by atoms with E-state index < -0.39 is 24.7 Å². The Balaban J connectivity index is 1.76. The number of carbonyl (C=O) groups excluding carboxylic acids is 1. The Morgan fingerprint density at radius 2 is 2.03 bits per heavy atom. The zero-order chi connectivity index (χ0) is 24.8. The zero-order valence-corrected chi connectivity index (χ0v) is 16.7. The first-order valence-electron chi connectivity index (χ1n) is 10.8. The lowest BCUT2D eigenvalue weighted by atomic mass is 10.1. The molecule has 3 heterocycles. The Morgan fingerprint density at radius 3 is 2.77 bits per heavy atom. The normalized spacial score (nSPS) is 14.0. The minimum Gasteiger partial charge on any atom is -0.382 e. The van der Waals surface area contributed by atoms with Crippen molar-refractivity contribution in [2.75, 3.05) is 11.1 Å². The Morgan fingerprint density at radius 1 is 1.23 bits per heavy atom. The number of aryl methyl sites for hydroxylation is 3. The van der Waals surface area contributed by atoms with E-state index >= 15 is 0 Å². The fraction of sp³-hybridized carbons (Fsp3) is 0.182. The average Bonchev–Trinajstić information content (AvgIpc) is 3.13. The molecule has 8 nitrogen and oxygen atoms in total. The lowest BCUT2D eigenvalue weighted by Crippen LogP contribution is -2.21. The van der Waals surface area contributed by atoms with Gasteiger partial charge in [0.25, 0.3) is 5.91 Å². The first-order valence-corrected chi connectivity index (χ1v) is 9.33. The second-order valence-corrected chi connectivity index (χ2v) is 7.10. The van der Waals surface area contributed by atoms with E-state index in [0.717, 1.165) is 6.07 Å². The van der Waals surface area contributed by atoms with E-state index in [1.54, 1.807) is 19.9 Å². The molecule has 1 atom stereocenters. The van der Waals surface area contributed by atoms with Crippen LogP contribution in [0.25, 0.3) is 16.8 Å². The summed E-state index contributed by atoms with van der Waals surface area (Å²) in [6, 6.07) is 8.21. The van der Waals surface area contributed by atoms with Crippen molar-refractivity contribution in [1.29, 1.82) is 0 Å². The van der Waals surface area contributed by atoms with Crippen molar-refractivity contribution >= 4 is 23.1 Å². The second kappa shape index (κ2) is 7.77. The second-order valence-electron chi connectivity index (χ2n) is 7.10. The van der Waals surface area contributed by atoms with Crippen LogP contribution in [0.15, 0.2) is 42.6 Å². The average molecular weight is 423 g/mol. The third kappa shape index (κ3) is 3.95. The molecule has 4 aromatic rings. The smallest absolute Gasteiger partial charge is 0.258 e. The Kier molecular flexibility index (Phi) is 4.23. The van der Waals surface area contributed by atoms with Crippen LogP contribution in [0.3, 0.4) is 0 Å². The van der Waals surface area contributed by atoms with Gasteiger partial charge in [0.1, 0.15) is 34.5 Å². The van der Waals surface area contributed by atoms with Crippen LogP contribution in [0.5, 0.6) is 0 Å². The summed E-state index contributed by atoms with van der Waals surface area (Å²) in [5, 5.41) is 12.8. The molecular weight excluding hydrogens is 399 g/mol. The summed E-state index contributed by atoms with van der Waals surface area (Å²) in [5.74, 6) is -1.40. The van der Waals surface area contributed by atoms with Gasteiger partial charge in [-0.3, -0.25) is 9.20 Å². The number of nitrogens with one attached hydrogen (secondary N) is 1. The molecule has 158 valence electrons. The van der Waals surface area contributed by atoms with Gasteiger partial charge < -0.3 is 16.2 Å². The van der Waals surface area contributed by atoms with Crippen LogP contribution in [0, 0.1) is 26.5 Å². The van der Waals surface area contributed by atoms with Gasteiger partial charge in [-0.1, -0.05) is 12.1 Å². The largest absolute Gasteiger partial charge is 0.382 e. The van der Waals surface area contributed by atoms with E-state index in [1.165, 1.54) is 34.9 Å². The van der Waals surface area contributed by atoms with E-state index in [9.17, 15) is 14.3 Å². The number of carbonyl (C=O) groups is 1. The van der Waals surface area contributed by atoms with Crippen LogP contribution in [-0.2, 0) is 4.79 Å². The SMILES string of the molecule is [2H]C([2H])([2H])c1nc(-c2cc(C)nc(NC(=O)[C@H](O)c3cccc(F)c3)c2)c2c(N)nc(C)cn12. The number of anilines is 2. The Hall–Kier alpha value is -3.85. The van der Waals surface area contributed by atoms with E-state index in [1.807, 2.05) is 0 Å². The lowest BCUT2D eigenvalue weighted by Gasteiger charge is -2.13. The van der Waals surface area contributed by atoms with Crippen LogP contribution < -0.4 is 11.1 Å². The van der Waals surface area contributed by atoms with Crippen molar-refractivity contribution in [1.82, 2.24) is 19.4 Å². The molecule has 0 bridgehead atoms. The van der Waals surface area contributed by atoms with Crippen molar-refractivity contribution < 1.29 is 18.4 Å². The van der Waals surface area contributed by atoms with Gasteiger partial charge in [-0.05, 0) is 50.5 Å². The van der Waals surface area contributed by atoms with Gasteiger partial charge >= 0.3 is 0 Å². The number of imidazole rings is 1. The van der Waals surface area contributed by atoms with Gasteiger partial charge in [-0.25, -0.2) is 19.3 Å². The highest BCUT2D eigenvalue weighted by atomic mass is 19.1. The number of hydrogen-bond donors (Lipinski definition) is 3. The highest BCUT2D eigenvalue weighted by Crippen LogP contribution is 2.30. The van der Waals surface area contributed by atoms with E-state index in [2.05, 4.69) is 20.3 Å². The number of nitrogens with two attached hydrogens (primary N) is 1. The molecular formula is C22H21FN6O2. The number of pyridine rings is 1. The molecule has 0 saturated carbocycles. The molecule has 0 spiro atoms. The maximum absolute atomic E-state index is 13.5. The fourth-order valence-electron chi connectivity index (χ4n) is 3.35. The highest BCUT2D eigenvalue weighted by molar-refractivity contribution is 5.95. The first-order chi connectivity index (χ1) is 15.9. The third-order valence-corrected chi connectivity index (χ3v) is 4.66. The maximum atomic E-state index is 13.5. The number of benzene rings is 1. The van der Waals surface area contributed by atoms with Crippen molar-refractivity contribution in [3.8, 4) is 11.3 Å². The van der Waals surface area contributed by atoms with Crippen LogP contribution >= 0.6 is 0 Å². The molecule has 0 unspecified atom stereocenters. The molecule has 0 radical (unpaired) electrons. The van der Waals surface area contributed by atoms with E-state index in [0.29, 0.717) is 22.5 Å². The minimum absolute atomic E-state index is 0.0852. The summed E-state index contributed by atoms with van der Waals surface area (Å²) in [6.45, 7) is 0.847. The third-order valence-electron chi connectivity index (χ3n) is 4.66. The molecule has 1 amide bonds. The monoisotopic (exact) mass is 423 g/mol. The standard InChI is InChI=1S/C22H21FN6O2/c1-11-7-15(18-19-21(24)26-12(2)10-29(19)13(3)27-18)9-17(25-11)28-22(31)20(30)14-5-4-6-16(23)8-14/h4-10,20,30H,1-3H3,(H2,24,26)(H,25,28,31)/t20-/m1/s1/i3D3. The molecule has 0 fully saturated rings. The van der Waals surface area contributed by atoms with Crippen molar-refractivity contribution in [3.05, 3.63) is 71.2 Å². The number of aliphatic hydroxyl groups is 1. The highest BCUT2D eigenvalue weighted by Gasteiger charge is 2.20. The number of amides is 1. The molecule has 3 aromatic heterocycles. The number of hydrogen-bond acceptors (Lipinski definition) is 6. The van der Waals surface area contributed by atoms with E-state index in [4.69, 9.17) is 9.85 Å². The quantitative estimate of drug-likeness (QED) is 0.464. The molecule has 4 rings (SSSR count). The van der Waals surface area contributed by atoms with Crippen molar-refractivity contribution in [2.45, 2.75) is 26.8 Å². The Bertz CT molecular complexity index is 1420. The molecule has 0 saturated heterocycles. The van der Waals surface area contributed by atoms with Gasteiger partial charge in [-0.15, -0.1) is 0 Å². The fourth-order valence-corrected chi connectivity index (χ4v) is 3.35. The molecule has 31 heavy (non-hydrogen) atoms. The molecule has 1 aromatic carbocycles. The maximum Gasteiger partial charge on any atom is 0.258 e. The van der Waals surface area contributed by atoms with Crippen molar-refractivity contribution in [3.63, 3.8) is 0 Å². The van der Waals surface area contributed by atoms with Crippen LogP contribution in [-0.4, -0.2) is 30.4 Å². The minimum atomic E-state index is -2.52. The molecule has 4 N–H and O–H groups in total. The number of rotatable bonds is 4. The van der Waals surface area contributed by atoms with Crippen LogP contribution in [0.1, 0.15) is 33.0 Å². The first kappa shape index (κ1) is 16.9. The summed E-state index contributed by atoms with van der Waals surface area (Å²) >= 11 is 0. The molecule has 9 heteroatoms. The summed E-state index contributed by atoms with van der Waals surface area (Å²) in [5.41, 5.74) is 8.21. The Labute approximate surface area is 181 Å². The predicted molar refractivity (Wildman–Crippen MR) is 115 cm³/mol. The van der Waals surface area contributed by atoms with Gasteiger partial charge in [0, 0.05) is 21.6 Å². The molecule has 0 aliphatic heterocycles. The number of fused-ring (bicyclic) bond motifs is 1. The molecule has 0 aliphatic rings. The summed E-state index contributed by atoms with van der Waals surface area (Å²) in [6.07, 6.45) is -0.0874. The number of nitrogen functional groups attached to an aromatic ring is 1. The number of nitrogens with zero attached hydrogens (tertiary/aromatic N) is 4. The van der Waals surface area contributed by atoms with Gasteiger partial charge in [0.2, 0.25) is 0 Å². The van der Waals surface area contributed by atoms with Crippen LogP contribution in [0.2, 0.25) is 0 Å². The van der Waals surface area contributed by atoms with Crippen molar-refractivity contribution in [2.24, 2.45) is 0 Å². The summed E-state index contributed by atoms with van der Waals surface area (Å²) < 4.78 is 38.4. The van der Waals surface area contributed by atoms with Gasteiger partial charge in [-0.2, -0.15) is 0 Å².